The molecule has 1 aliphatic rings. The Labute approximate surface area is 141 Å². The molecule has 1 N–H and O–H groups in total. The summed E-state index contributed by atoms with van der Waals surface area (Å²) in [5, 5.41) is 0. The highest BCUT2D eigenvalue weighted by Crippen LogP contribution is 2.25. The van der Waals surface area contributed by atoms with Crippen molar-refractivity contribution in [3.63, 3.8) is 0 Å². The number of anilines is 1. The van der Waals surface area contributed by atoms with E-state index in [-0.39, 0.29) is 16.6 Å². The standard InChI is InChI=1S/C17H28FN3OS/c1-13(19-23(22)17(2,3)4)14-6-7-16(15(18)12-14)21-10-8-20(5)9-11-21/h6-7,12-13,19H,8-11H2,1-5H3/t13-,23-/m0/s1. The van der Waals surface area contributed by atoms with Crippen LogP contribution in [0.15, 0.2) is 18.2 Å². The second-order valence-corrected chi connectivity index (χ2v) is 9.22. The van der Waals surface area contributed by atoms with Crippen molar-refractivity contribution in [1.29, 1.82) is 0 Å². The van der Waals surface area contributed by atoms with Gasteiger partial charge in [0.2, 0.25) is 0 Å². The van der Waals surface area contributed by atoms with Crippen molar-refractivity contribution < 1.29 is 8.60 Å². The van der Waals surface area contributed by atoms with Crippen LogP contribution in [0.4, 0.5) is 10.1 Å². The SMILES string of the molecule is C[C@H](N[S@@](=O)C(C)(C)C)c1ccc(N2CCN(C)CC2)c(F)c1. The summed E-state index contributed by atoms with van der Waals surface area (Å²) in [5.74, 6) is -0.206. The smallest absolute Gasteiger partial charge is 0.146 e. The first-order valence-corrected chi connectivity index (χ1v) is 9.24. The maximum atomic E-state index is 14.5. The van der Waals surface area contributed by atoms with Crippen molar-refractivity contribution in [2.75, 3.05) is 38.1 Å². The zero-order valence-electron chi connectivity index (χ0n) is 14.7. The summed E-state index contributed by atoms with van der Waals surface area (Å²) in [6.07, 6.45) is 0. The molecule has 0 aliphatic carbocycles. The number of nitrogens with zero attached hydrogens (tertiary/aromatic N) is 2. The predicted molar refractivity (Wildman–Crippen MR) is 95.6 cm³/mol. The van der Waals surface area contributed by atoms with Gasteiger partial charge in [-0.05, 0) is 52.4 Å². The summed E-state index contributed by atoms with van der Waals surface area (Å²) in [4.78, 5) is 4.33. The Morgan fingerprint density at radius 3 is 2.35 bits per heavy atom. The first-order chi connectivity index (χ1) is 10.7. The largest absolute Gasteiger partial charge is 0.367 e. The van der Waals surface area contributed by atoms with Gasteiger partial charge >= 0.3 is 0 Å². The van der Waals surface area contributed by atoms with E-state index in [4.69, 9.17) is 0 Å². The topological polar surface area (TPSA) is 35.6 Å². The normalized spacial score (nSPS) is 19.7. The number of likely N-dealkylation sites (N-methyl/N-ethyl adjacent to an activating group) is 1. The third-order valence-electron chi connectivity index (χ3n) is 4.16. The van der Waals surface area contributed by atoms with Gasteiger partial charge in [0, 0.05) is 32.2 Å². The van der Waals surface area contributed by atoms with Gasteiger partial charge in [0.1, 0.15) is 5.82 Å². The summed E-state index contributed by atoms with van der Waals surface area (Å²) in [7, 11) is 0.906. The fraction of sp³-hybridized carbons (Fsp3) is 0.647. The molecule has 2 rings (SSSR count). The summed E-state index contributed by atoms with van der Waals surface area (Å²) in [6, 6.07) is 5.17. The average Bonchev–Trinajstić information content (AvgIpc) is 2.47. The number of rotatable bonds is 4. The third-order valence-corrected chi connectivity index (χ3v) is 5.84. The lowest BCUT2D eigenvalue weighted by Crippen LogP contribution is -2.44. The molecule has 1 heterocycles. The van der Waals surface area contributed by atoms with Crippen LogP contribution in [0.1, 0.15) is 39.3 Å². The molecule has 130 valence electrons. The van der Waals surface area contributed by atoms with Crippen LogP contribution in [-0.2, 0) is 11.0 Å². The lowest BCUT2D eigenvalue weighted by atomic mass is 10.1. The van der Waals surface area contributed by atoms with Crippen molar-refractivity contribution in [1.82, 2.24) is 9.62 Å². The minimum atomic E-state index is -1.18. The van der Waals surface area contributed by atoms with E-state index in [0.29, 0.717) is 5.69 Å². The lowest BCUT2D eigenvalue weighted by molar-refractivity contribution is 0.311. The molecule has 1 aromatic rings. The molecular weight excluding hydrogens is 313 g/mol. The molecule has 0 amide bonds. The van der Waals surface area contributed by atoms with Gasteiger partial charge in [0.25, 0.3) is 0 Å². The summed E-state index contributed by atoms with van der Waals surface area (Å²) in [5.41, 5.74) is 1.48. The van der Waals surface area contributed by atoms with E-state index >= 15 is 0 Å². The van der Waals surface area contributed by atoms with E-state index in [1.165, 1.54) is 0 Å². The van der Waals surface area contributed by atoms with Gasteiger partial charge in [-0.3, -0.25) is 0 Å². The van der Waals surface area contributed by atoms with E-state index in [1.807, 2.05) is 39.8 Å². The molecule has 2 atom stereocenters. The highest BCUT2D eigenvalue weighted by molar-refractivity contribution is 7.84. The molecule has 1 saturated heterocycles. The summed E-state index contributed by atoms with van der Waals surface area (Å²) < 4.78 is 29.4. The van der Waals surface area contributed by atoms with Crippen molar-refractivity contribution in [2.24, 2.45) is 0 Å². The number of piperazine rings is 1. The molecule has 1 aromatic carbocycles. The maximum absolute atomic E-state index is 14.5. The number of hydrogen-bond donors (Lipinski definition) is 1. The van der Waals surface area contributed by atoms with E-state index < -0.39 is 11.0 Å². The highest BCUT2D eigenvalue weighted by Gasteiger charge is 2.23. The Kier molecular flexibility index (Phi) is 5.81. The first-order valence-electron chi connectivity index (χ1n) is 8.09. The van der Waals surface area contributed by atoms with Crippen molar-refractivity contribution >= 4 is 16.7 Å². The number of hydrogen-bond acceptors (Lipinski definition) is 3. The molecule has 0 spiro atoms. The van der Waals surface area contributed by atoms with Crippen molar-refractivity contribution in [3.05, 3.63) is 29.6 Å². The monoisotopic (exact) mass is 341 g/mol. The molecule has 6 heteroatoms. The van der Waals surface area contributed by atoms with Crippen LogP contribution in [0.2, 0.25) is 0 Å². The van der Waals surface area contributed by atoms with Gasteiger partial charge in [-0.1, -0.05) is 6.07 Å². The predicted octanol–water partition coefficient (Wildman–Crippen LogP) is 2.69. The molecule has 23 heavy (non-hydrogen) atoms. The Morgan fingerprint density at radius 1 is 1.22 bits per heavy atom. The van der Waals surface area contributed by atoms with Crippen molar-refractivity contribution in [2.45, 2.75) is 38.5 Å². The molecular formula is C17H28FN3OS. The maximum Gasteiger partial charge on any atom is 0.146 e. The molecule has 0 aromatic heterocycles. The van der Waals surface area contributed by atoms with Gasteiger partial charge in [-0.15, -0.1) is 0 Å². The minimum absolute atomic E-state index is 0.161. The molecule has 0 saturated carbocycles. The van der Waals surface area contributed by atoms with E-state index in [9.17, 15) is 8.60 Å². The molecule has 0 bridgehead atoms. The fourth-order valence-electron chi connectivity index (χ4n) is 2.50. The summed E-state index contributed by atoms with van der Waals surface area (Å²) in [6.45, 7) is 11.2. The second kappa shape index (κ2) is 7.28. The molecule has 0 radical (unpaired) electrons. The van der Waals surface area contributed by atoms with E-state index in [1.54, 1.807) is 6.07 Å². The van der Waals surface area contributed by atoms with Crippen LogP contribution in [0, 0.1) is 5.82 Å². The fourth-order valence-corrected chi connectivity index (χ4v) is 3.31. The zero-order valence-corrected chi connectivity index (χ0v) is 15.5. The summed E-state index contributed by atoms with van der Waals surface area (Å²) >= 11 is 0. The molecule has 1 aliphatic heterocycles. The molecule has 4 nitrogen and oxygen atoms in total. The van der Waals surface area contributed by atoms with Crippen LogP contribution in [0.25, 0.3) is 0 Å². The third kappa shape index (κ3) is 4.75. The van der Waals surface area contributed by atoms with Crippen LogP contribution in [-0.4, -0.2) is 47.1 Å². The van der Waals surface area contributed by atoms with Gasteiger partial charge in [-0.25, -0.2) is 13.3 Å². The van der Waals surface area contributed by atoms with Gasteiger partial charge in [0.15, 0.2) is 0 Å². The number of halogens is 1. The van der Waals surface area contributed by atoms with E-state index in [0.717, 1.165) is 31.7 Å². The Bertz CT molecular complexity index is 565. The second-order valence-electron chi connectivity index (χ2n) is 7.22. The average molecular weight is 341 g/mol. The lowest BCUT2D eigenvalue weighted by Gasteiger charge is -2.34. The molecule has 0 unspecified atom stereocenters. The molecule has 1 fully saturated rings. The van der Waals surface area contributed by atoms with Crippen molar-refractivity contribution in [3.8, 4) is 0 Å². The van der Waals surface area contributed by atoms with E-state index in [2.05, 4.69) is 21.6 Å². The van der Waals surface area contributed by atoms with Gasteiger partial charge in [0.05, 0.1) is 21.4 Å². The number of benzene rings is 1. The quantitative estimate of drug-likeness (QED) is 0.915. The number of nitrogens with one attached hydrogen (secondary N) is 1. The minimum Gasteiger partial charge on any atom is -0.367 e. The van der Waals surface area contributed by atoms with Gasteiger partial charge < -0.3 is 9.80 Å². The Balaban J connectivity index is 2.08. The Morgan fingerprint density at radius 2 is 1.83 bits per heavy atom. The Hall–Kier alpha value is -0.980. The van der Waals surface area contributed by atoms with Crippen LogP contribution < -0.4 is 9.62 Å². The van der Waals surface area contributed by atoms with Crippen LogP contribution in [0.3, 0.4) is 0 Å². The zero-order chi connectivity index (χ0) is 17.2. The van der Waals surface area contributed by atoms with Crippen LogP contribution in [0.5, 0.6) is 0 Å². The van der Waals surface area contributed by atoms with Gasteiger partial charge in [-0.2, -0.15) is 0 Å². The van der Waals surface area contributed by atoms with Crippen LogP contribution >= 0.6 is 0 Å². The first kappa shape index (κ1) is 18.4. The highest BCUT2D eigenvalue weighted by atomic mass is 32.2.